The van der Waals surface area contributed by atoms with Crippen LogP contribution < -0.4 is 0 Å². The molecule has 1 atom stereocenters. The molecule has 232 valence electrons. The number of fused-ring (bicyclic) bond motifs is 10. The molecule has 3 heterocycles. The molecule has 0 radical (unpaired) electrons. The smallest absolute Gasteiger partial charge is 0.203 e. The van der Waals surface area contributed by atoms with Crippen LogP contribution in [0.3, 0.4) is 0 Å². The van der Waals surface area contributed by atoms with Crippen LogP contribution in [0.5, 0.6) is 0 Å². The van der Waals surface area contributed by atoms with Gasteiger partial charge in [-0.2, -0.15) is 0 Å². The van der Waals surface area contributed by atoms with E-state index < -0.39 is 0 Å². The summed E-state index contributed by atoms with van der Waals surface area (Å²) in [5.74, 6) is 0. The van der Waals surface area contributed by atoms with Crippen LogP contribution in [0.1, 0.15) is 17.4 Å². The lowest BCUT2D eigenvalue weighted by molar-refractivity contribution is 0.282. The van der Waals surface area contributed by atoms with E-state index >= 15 is 0 Å². The first-order valence-corrected chi connectivity index (χ1v) is 16.8. The molecular weight excluding hydrogens is 597 g/mol. The summed E-state index contributed by atoms with van der Waals surface area (Å²) in [5.41, 5.74) is 10.2. The summed E-state index contributed by atoms with van der Waals surface area (Å²) in [6, 6.07) is 58.7. The maximum Gasteiger partial charge on any atom is 0.203 e. The molecule has 0 fully saturated rings. The highest BCUT2D eigenvalue weighted by Crippen LogP contribution is 2.47. The molecule has 1 unspecified atom stereocenters. The van der Waals surface area contributed by atoms with Gasteiger partial charge in [0, 0.05) is 40.0 Å². The topological polar surface area (TPSA) is 25.5 Å². The minimum absolute atomic E-state index is 0.357. The van der Waals surface area contributed by atoms with E-state index in [4.69, 9.17) is 4.99 Å². The minimum atomic E-state index is -0.357. The van der Waals surface area contributed by atoms with Crippen LogP contribution in [0.4, 0.5) is 0 Å². The Kier molecular flexibility index (Phi) is 6.12. The van der Waals surface area contributed by atoms with Crippen molar-refractivity contribution in [3.05, 3.63) is 181 Å². The van der Waals surface area contributed by atoms with E-state index in [0.29, 0.717) is 0 Å². The van der Waals surface area contributed by atoms with E-state index in [-0.39, 0.29) is 6.29 Å². The van der Waals surface area contributed by atoms with Crippen molar-refractivity contribution in [1.82, 2.24) is 14.0 Å². The van der Waals surface area contributed by atoms with Crippen molar-refractivity contribution in [3.8, 4) is 5.69 Å². The van der Waals surface area contributed by atoms with Crippen molar-refractivity contribution < 1.29 is 0 Å². The Bertz CT molecular complexity index is 2770. The predicted octanol–water partition coefficient (Wildman–Crippen LogP) is 11.0. The van der Waals surface area contributed by atoms with E-state index in [1.807, 2.05) is 0 Å². The van der Waals surface area contributed by atoms with Crippen LogP contribution in [-0.4, -0.2) is 26.8 Å². The predicted molar refractivity (Wildman–Crippen MR) is 205 cm³/mol. The van der Waals surface area contributed by atoms with Gasteiger partial charge in [0.2, 0.25) is 6.29 Å². The van der Waals surface area contributed by atoms with Crippen molar-refractivity contribution in [1.29, 1.82) is 0 Å². The minimum Gasteiger partial charge on any atom is -0.335 e. The lowest BCUT2D eigenvalue weighted by Crippen LogP contribution is -2.31. The number of para-hydroxylation sites is 3. The maximum absolute atomic E-state index is 5.61. The number of hydrogen-bond acceptors (Lipinski definition) is 2. The molecule has 4 nitrogen and oxygen atoms in total. The van der Waals surface area contributed by atoms with Crippen LogP contribution in [0.2, 0.25) is 0 Å². The zero-order valence-electron chi connectivity index (χ0n) is 27.0. The first-order chi connectivity index (χ1) is 24.3. The highest BCUT2D eigenvalue weighted by atomic mass is 15.4. The molecule has 49 heavy (non-hydrogen) atoms. The first kappa shape index (κ1) is 27.7. The molecule has 1 aliphatic rings. The summed E-state index contributed by atoms with van der Waals surface area (Å²) >= 11 is 0. The SMILES string of the molecule is CN1C(c2ccccc2)=CC(c2ccccc2)=NC1n1c2ccccc2c2c3ccccc3c3c4ccccc4n(-c4ccccc4)c3c21. The maximum atomic E-state index is 5.61. The summed E-state index contributed by atoms with van der Waals surface area (Å²) in [6.45, 7) is 0. The van der Waals surface area contributed by atoms with Crippen molar-refractivity contribution in [2.24, 2.45) is 4.99 Å². The molecule has 0 saturated heterocycles. The monoisotopic (exact) mass is 628 g/mol. The van der Waals surface area contributed by atoms with Crippen molar-refractivity contribution in [2.75, 3.05) is 7.05 Å². The second kappa shape index (κ2) is 10.8. The molecule has 0 amide bonds. The third-order valence-corrected chi connectivity index (χ3v) is 10.1. The fourth-order valence-corrected chi connectivity index (χ4v) is 8.01. The molecule has 10 rings (SSSR count). The molecule has 1 aliphatic heterocycles. The zero-order chi connectivity index (χ0) is 32.5. The molecule has 0 aliphatic carbocycles. The number of aromatic nitrogens is 2. The highest BCUT2D eigenvalue weighted by molar-refractivity contribution is 6.36. The molecule has 9 aromatic rings. The van der Waals surface area contributed by atoms with Gasteiger partial charge in [-0.25, -0.2) is 4.99 Å². The average molecular weight is 629 g/mol. The van der Waals surface area contributed by atoms with Gasteiger partial charge in [-0.1, -0.05) is 140 Å². The van der Waals surface area contributed by atoms with Gasteiger partial charge in [0.15, 0.2) is 0 Å². The summed E-state index contributed by atoms with van der Waals surface area (Å²) in [7, 11) is 2.18. The lowest BCUT2D eigenvalue weighted by Gasteiger charge is -2.35. The third kappa shape index (κ3) is 4.07. The molecule has 0 saturated carbocycles. The summed E-state index contributed by atoms with van der Waals surface area (Å²) in [4.78, 5) is 7.95. The van der Waals surface area contributed by atoms with E-state index in [9.17, 15) is 0 Å². The fraction of sp³-hybridized carbons (Fsp3) is 0.0444. The van der Waals surface area contributed by atoms with E-state index in [2.05, 4.69) is 191 Å². The first-order valence-electron chi connectivity index (χ1n) is 16.8. The lowest BCUT2D eigenvalue weighted by atomic mass is 9.98. The molecule has 0 N–H and O–H groups in total. The van der Waals surface area contributed by atoms with Gasteiger partial charge in [0.05, 0.1) is 27.8 Å². The van der Waals surface area contributed by atoms with E-state index in [0.717, 1.165) is 33.7 Å². The number of benzene rings is 7. The summed E-state index contributed by atoms with van der Waals surface area (Å²) in [5, 5.41) is 7.48. The number of allylic oxidation sites excluding steroid dienone is 1. The summed E-state index contributed by atoms with van der Waals surface area (Å²) < 4.78 is 4.96. The number of hydrogen-bond donors (Lipinski definition) is 0. The van der Waals surface area contributed by atoms with Gasteiger partial charge in [-0.15, -0.1) is 0 Å². The zero-order valence-corrected chi connectivity index (χ0v) is 27.0. The van der Waals surface area contributed by atoms with Crippen molar-refractivity contribution in [2.45, 2.75) is 6.29 Å². The molecule has 0 bridgehead atoms. The van der Waals surface area contributed by atoms with Crippen LogP contribution in [0, 0.1) is 0 Å². The van der Waals surface area contributed by atoms with Gasteiger partial charge in [0.25, 0.3) is 0 Å². The number of nitrogens with zero attached hydrogens (tertiary/aromatic N) is 4. The molecule has 2 aromatic heterocycles. The fourth-order valence-electron chi connectivity index (χ4n) is 8.01. The quantitative estimate of drug-likeness (QED) is 0.190. The highest BCUT2D eigenvalue weighted by Gasteiger charge is 2.31. The number of aliphatic imine (C=N–C) groups is 1. The van der Waals surface area contributed by atoms with Crippen LogP contribution >= 0.6 is 0 Å². The largest absolute Gasteiger partial charge is 0.335 e. The van der Waals surface area contributed by atoms with Crippen LogP contribution in [-0.2, 0) is 0 Å². The number of rotatable bonds is 4. The Labute approximate surface area is 284 Å². The van der Waals surface area contributed by atoms with Crippen molar-refractivity contribution >= 4 is 65.8 Å². The Morgan fingerprint density at radius 1 is 0.469 bits per heavy atom. The van der Waals surface area contributed by atoms with E-state index in [1.165, 1.54) is 48.9 Å². The second-order valence-corrected chi connectivity index (χ2v) is 12.8. The third-order valence-electron chi connectivity index (χ3n) is 10.1. The average Bonchev–Trinajstić information content (AvgIpc) is 3.70. The van der Waals surface area contributed by atoms with Gasteiger partial charge in [0.1, 0.15) is 0 Å². The standard InChI is InChI=1S/C45H32N4/c1-47-40(31-19-7-3-8-20-31)29-37(30-17-5-2-6-18-30)46-45(47)49-39-28-16-14-26-36(39)42-34-24-12-11-23-33(34)41-35-25-13-15-27-38(35)48(43(41)44(42)49)32-21-9-4-10-22-32/h2-29,45H,1H3. The summed E-state index contributed by atoms with van der Waals surface area (Å²) in [6.07, 6.45) is 1.88. The Morgan fingerprint density at radius 3 is 1.61 bits per heavy atom. The van der Waals surface area contributed by atoms with Crippen molar-refractivity contribution in [3.63, 3.8) is 0 Å². The van der Waals surface area contributed by atoms with Crippen LogP contribution in [0.25, 0.3) is 65.8 Å². The van der Waals surface area contributed by atoms with Gasteiger partial charge in [-0.3, -0.25) is 4.57 Å². The Morgan fingerprint density at radius 2 is 0.959 bits per heavy atom. The van der Waals surface area contributed by atoms with E-state index in [1.54, 1.807) is 0 Å². The van der Waals surface area contributed by atoms with Crippen LogP contribution in [0.15, 0.2) is 175 Å². The van der Waals surface area contributed by atoms with Gasteiger partial charge in [-0.05, 0) is 52.2 Å². The molecule has 0 spiro atoms. The van der Waals surface area contributed by atoms with Gasteiger partial charge < -0.3 is 9.47 Å². The normalized spacial score (nSPS) is 15.0. The molecular formula is C45H32N4. The Hall–Kier alpha value is -6.39. The molecule has 4 heteroatoms. The molecule has 7 aromatic carbocycles. The van der Waals surface area contributed by atoms with Gasteiger partial charge >= 0.3 is 0 Å². The second-order valence-electron chi connectivity index (χ2n) is 12.8. The Balaban J connectivity index is 1.42.